The number of rotatable bonds is 7. The van der Waals surface area contributed by atoms with Crippen molar-refractivity contribution in [3.05, 3.63) is 34.6 Å². The predicted octanol–water partition coefficient (Wildman–Crippen LogP) is 2.06. The number of halogens is 2. The van der Waals surface area contributed by atoms with Crippen LogP contribution in [0.25, 0.3) is 0 Å². The minimum Gasteiger partial charge on any atom is -0.260 e. The molecule has 0 aliphatic rings. The minimum absolute atomic E-state index is 0.0713. The Balaban J connectivity index is 2.57. The van der Waals surface area contributed by atoms with Crippen LogP contribution in [0.4, 0.5) is 4.39 Å². The first-order chi connectivity index (χ1) is 9.21. The van der Waals surface area contributed by atoms with Gasteiger partial charge in [-0.15, -0.1) is 0 Å². The zero-order valence-electron chi connectivity index (χ0n) is 11.2. The van der Waals surface area contributed by atoms with Crippen molar-refractivity contribution in [3.8, 4) is 0 Å². The highest BCUT2D eigenvalue weighted by atomic mass is 35.5. The first-order valence-electron chi connectivity index (χ1n) is 5.95. The van der Waals surface area contributed by atoms with E-state index < -0.39 is 26.6 Å². The smallest absolute Gasteiger partial charge is 0.215 e. The summed E-state index contributed by atoms with van der Waals surface area (Å²) >= 11 is 5.60. The third kappa shape index (κ3) is 5.87. The van der Waals surface area contributed by atoms with Gasteiger partial charge < -0.3 is 0 Å². The molecule has 20 heavy (non-hydrogen) atoms. The molecule has 1 rings (SSSR count). The Morgan fingerprint density at radius 1 is 1.45 bits per heavy atom. The molecule has 0 saturated carbocycles. The number of sulfonamides is 1. The summed E-state index contributed by atoms with van der Waals surface area (Å²) in [6.45, 7) is 2.02. The van der Waals surface area contributed by atoms with Crippen LogP contribution in [0.1, 0.15) is 18.9 Å². The number of nitrogens with one attached hydrogen (secondary N) is 1. The van der Waals surface area contributed by atoms with E-state index in [1.807, 2.05) is 0 Å². The standard InChI is InChI=1S/C12H17ClFNO3S2/c1-9(19(2)16)5-6-15-20(17,18)8-10-3-4-12(14)11(13)7-10/h3-4,7,9,15H,5-6,8H2,1-2H3/t9-,19+/m1/s1. The maximum absolute atomic E-state index is 13.0. The number of hydrogen-bond acceptors (Lipinski definition) is 3. The molecule has 0 amide bonds. The summed E-state index contributed by atoms with van der Waals surface area (Å²) < 4.78 is 50.2. The van der Waals surface area contributed by atoms with Crippen LogP contribution in [0.2, 0.25) is 5.02 Å². The molecular weight excluding hydrogens is 325 g/mol. The summed E-state index contributed by atoms with van der Waals surface area (Å²) in [4.78, 5) is 0. The van der Waals surface area contributed by atoms with Gasteiger partial charge in [-0.2, -0.15) is 0 Å². The zero-order valence-corrected chi connectivity index (χ0v) is 13.6. The molecule has 4 nitrogen and oxygen atoms in total. The van der Waals surface area contributed by atoms with E-state index in [1.165, 1.54) is 12.1 Å². The topological polar surface area (TPSA) is 63.2 Å². The van der Waals surface area contributed by atoms with Crippen LogP contribution in [0.15, 0.2) is 18.2 Å². The van der Waals surface area contributed by atoms with Gasteiger partial charge in [-0.3, -0.25) is 4.21 Å². The average Bonchev–Trinajstić information content (AvgIpc) is 2.33. The van der Waals surface area contributed by atoms with E-state index in [2.05, 4.69) is 4.72 Å². The summed E-state index contributed by atoms with van der Waals surface area (Å²) in [5, 5.41) is -0.175. The van der Waals surface area contributed by atoms with Crippen LogP contribution >= 0.6 is 11.6 Å². The fraction of sp³-hybridized carbons (Fsp3) is 0.500. The lowest BCUT2D eigenvalue weighted by atomic mass is 10.2. The molecule has 0 aromatic heterocycles. The van der Waals surface area contributed by atoms with Crippen molar-refractivity contribution in [2.75, 3.05) is 12.8 Å². The molecule has 1 aromatic carbocycles. The molecule has 0 saturated heterocycles. The Morgan fingerprint density at radius 2 is 2.10 bits per heavy atom. The van der Waals surface area contributed by atoms with Crippen molar-refractivity contribution in [1.29, 1.82) is 0 Å². The molecule has 1 aromatic rings. The lowest BCUT2D eigenvalue weighted by Gasteiger charge is -2.10. The van der Waals surface area contributed by atoms with Gasteiger partial charge in [0.1, 0.15) is 5.82 Å². The Morgan fingerprint density at radius 3 is 2.65 bits per heavy atom. The highest BCUT2D eigenvalue weighted by Gasteiger charge is 2.14. The van der Waals surface area contributed by atoms with E-state index in [0.29, 0.717) is 12.0 Å². The second kappa shape index (κ2) is 7.49. The second-order valence-electron chi connectivity index (χ2n) is 4.50. The van der Waals surface area contributed by atoms with E-state index in [-0.39, 0.29) is 22.6 Å². The molecule has 2 atom stereocenters. The summed E-state index contributed by atoms with van der Waals surface area (Å²) in [6.07, 6.45) is 2.08. The molecular formula is C12H17ClFNO3S2. The Bertz CT molecular complexity index is 592. The van der Waals surface area contributed by atoms with Crippen LogP contribution < -0.4 is 4.72 Å². The monoisotopic (exact) mass is 341 g/mol. The molecule has 1 N–H and O–H groups in total. The van der Waals surface area contributed by atoms with Crippen molar-refractivity contribution in [1.82, 2.24) is 4.72 Å². The van der Waals surface area contributed by atoms with Gasteiger partial charge in [-0.05, 0) is 24.1 Å². The summed E-state index contributed by atoms with van der Waals surface area (Å²) in [7, 11) is -4.49. The first kappa shape index (κ1) is 17.6. The van der Waals surface area contributed by atoms with Crippen LogP contribution in [-0.2, 0) is 26.6 Å². The lowest BCUT2D eigenvalue weighted by molar-refractivity contribution is 0.576. The molecule has 0 spiro atoms. The predicted molar refractivity (Wildman–Crippen MR) is 80.2 cm³/mol. The van der Waals surface area contributed by atoms with Crippen LogP contribution in [0.5, 0.6) is 0 Å². The van der Waals surface area contributed by atoms with E-state index in [9.17, 15) is 17.0 Å². The van der Waals surface area contributed by atoms with Crippen LogP contribution in [-0.4, -0.2) is 30.7 Å². The molecule has 114 valence electrons. The van der Waals surface area contributed by atoms with Gasteiger partial charge in [0.05, 0.1) is 10.8 Å². The second-order valence-corrected chi connectivity index (χ2v) is 8.52. The van der Waals surface area contributed by atoms with E-state index in [0.717, 1.165) is 6.07 Å². The van der Waals surface area contributed by atoms with Crippen LogP contribution in [0.3, 0.4) is 0 Å². The van der Waals surface area contributed by atoms with Gasteiger partial charge in [-0.25, -0.2) is 17.5 Å². The van der Waals surface area contributed by atoms with Gasteiger partial charge in [0.15, 0.2) is 0 Å². The van der Waals surface area contributed by atoms with Crippen LogP contribution in [0, 0.1) is 5.82 Å². The molecule has 0 heterocycles. The van der Waals surface area contributed by atoms with Crippen molar-refractivity contribution in [2.24, 2.45) is 0 Å². The van der Waals surface area contributed by atoms with Crippen molar-refractivity contribution >= 4 is 32.4 Å². The molecule has 0 unspecified atom stereocenters. The number of hydrogen-bond donors (Lipinski definition) is 1. The van der Waals surface area contributed by atoms with Gasteiger partial charge in [0, 0.05) is 28.9 Å². The SMILES string of the molecule is C[C@H](CCNS(=O)(=O)Cc1ccc(F)c(Cl)c1)[S@](C)=O. The van der Waals surface area contributed by atoms with E-state index in [4.69, 9.17) is 11.6 Å². The quantitative estimate of drug-likeness (QED) is 0.825. The Hall–Kier alpha value is -0.500. The minimum atomic E-state index is -3.52. The average molecular weight is 342 g/mol. The maximum atomic E-state index is 13.0. The number of benzene rings is 1. The van der Waals surface area contributed by atoms with E-state index >= 15 is 0 Å². The van der Waals surface area contributed by atoms with Gasteiger partial charge >= 0.3 is 0 Å². The lowest BCUT2D eigenvalue weighted by Crippen LogP contribution is -2.28. The molecule has 0 bridgehead atoms. The van der Waals surface area contributed by atoms with E-state index in [1.54, 1.807) is 13.2 Å². The zero-order chi connectivity index (χ0) is 15.3. The van der Waals surface area contributed by atoms with Crippen molar-refractivity contribution < 1.29 is 17.0 Å². The van der Waals surface area contributed by atoms with Gasteiger partial charge in [0.2, 0.25) is 10.0 Å². The van der Waals surface area contributed by atoms with Gasteiger partial charge in [0.25, 0.3) is 0 Å². The Labute approximate surface area is 126 Å². The van der Waals surface area contributed by atoms with Gasteiger partial charge in [-0.1, -0.05) is 24.6 Å². The highest BCUT2D eigenvalue weighted by molar-refractivity contribution is 7.88. The van der Waals surface area contributed by atoms with Crippen molar-refractivity contribution in [3.63, 3.8) is 0 Å². The molecule has 0 radical (unpaired) electrons. The summed E-state index contributed by atoms with van der Waals surface area (Å²) in [6, 6.07) is 3.81. The largest absolute Gasteiger partial charge is 0.260 e. The summed E-state index contributed by atoms with van der Waals surface area (Å²) in [5.74, 6) is -0.851. The molecule has 0 aliphatic carbocycles. The fourth-order valence-electron chi connectivity index (χ4n) is 1.48. The third-order valence-corrected chi connectivity index (χ3v) is 5.80. The molecule has 8 heteroatoms. The maximum Gasteiger partial charge on any atom is 0.215 e. The Kier molecular flexibility index (Phi) is 6.57. The first-order valence-corrected chi connectivity index (χ1v) is 9.60. The molecule has 0 aliphatic heterocycles. The highest BCUT2D eigenvalue weighted by Crippen LogP contribution is 2.17. The fourth-order valence-corrected chi connectivity index (χ4v) is 3.29. The summed E-state index contributed by atoms with van der Waals surface area (Å²) in [5.41, 5.74) is 0.413. The normalized spacial score (nSPS) is 15.0. The third-order valence-electron chi connectivity index (χ3n) is 2.78. The van der Waals surface area contributed by atoms with Crippen molar-refractivity contribution in [2.45, 2.75) is 24.3 Å². The molecule has 0 fully saturated rings.